The maximum atomic E-state index is 9.40. The number of nitriles is 1. The Labute approximate surface area is 91.0 Å². The van der Waals surface area contributed by atoms with Crippen molar-refractivity contribution in [2.45, 2.75) is 31.1 Å². The van der Waals surface area contributed by atoms with Crippen LogP contribution in [0, 0.1) is 11.3 Å². The molecule has 1 aromatic rings. The van der Waals surface area contributed by atoms with Gasteiger partial charge in [-0.1, -0.05) is 42.5 Å². The lowest BCUT2D eigenvalue weighted by atomic mass is 9.69. The molecule has 1 saturated carbocycles. The molecule has 0 spiro atoms. The second-order valence-corrected chi connectivity index (χ2v) is 4.31. The number of rotatable bonds is 1. The molecule has 1 fully saturated rings. The highest BCUT2D eigenvalue weighted by atomic mass is 14.4. The molecule has 0 heterocycles. The zero-order valence-electron chi connectivity index (χ0n) is 8.87. The summed E-state index contributed by atoms with van der Waals surface area (Å²) in [5.74, 6) is 0. The summed E-state index contributed by atoms with van der Waals surface area (Å²) in [6.45, 7) is 4.00. The van der Waals surface area contributed by atoms with Gasteiger partial charge in [0, 0.05) is 0 Å². The molecule has 0 radical (unpaired) electrons. The van der Waals surface area contributed by atoms with E-state index in [0.29, 0.717) is 0 Å². The second kappa shape index (κ2) is 3.90. The van der Waals surface area contributed by atoms with E-state index in [1.807, 2.05) is 18.2 Å². The van der Waals surface area contributed by atoms with E-state index in [2.05, 4.69) is 24.8 Å². The summed E-state index contributed by atoms with van der Waals surface area (Å²) in [5, 5.41) is 9.40. The van der Waals surface area contributed by atoms with Crippen LogP contribution >= 0.6 is 0 Å². The van der Waals surface area contributed by atoms with Crippen molar-refractivity contribution < 1.29 is 0 Å². The molecule has 0 aliphatic heterocycles. The molecule has 1 aliphatic carbocycles. The summed E-state index contributed by atoms with van der Waals surface area (Å²) in [4.78, 5) is 0. The zero-order chi connectivity index (χ0) is 10.7. The fraction of sp³-hybridized carbons (Fsp3) is 0.357. The Kier molecular flexibility index (Phi) is 2.60. The number of hydrogen-bond donors (Lipinski definition) is 0. The summed E-state index contributed by atoms with van der Waals surface area (Å²) in [6, 6.07) is 12.7. The highest BCUT2D eigenvalue weighted by Gasteiger charge is 2.34. The second-order valence-electron chi connectivity index (χ2n) is 4.31. The largest absolute Gasteiger partial charge is 0.197 e. The SMILES string of the molecule is C=C1CCC(C#N)(c2ccccc2)CC1. The lowest BCUT2D eigenvalue weighted by Crippen LogP contribution is -2.27. The topological polar surface area (TPSA) is 23.8 Å². The van der Waals surface area contributed by atoms with Crippen molar-refractivity contribution in [2.75, 3.05) is 0 Å². The van der Waals surface area contributed by atoms with Crippen molar-refractivity contribution >= 4 is 0 Å². The molecule has 0 saturated heterocycles. The van der Waals surface area contributed by atoms with Gasteiger partial charge in [-0.3, -0.25) is 0 Å². The standard InChI is InChI=1S/C14H15N/c1-12-7-9-14(11-15,10-8-12)13-5-3-2-4-6-13/h2-6H,1,7-10H2. The third-order valence-electron chi connectivity index (χ3n) is 3.35. The Morgan fingerprint density at radius 1 is 1.13 bits per heavy atom. The molecular formula is C14H15N. The zero-order valence-corrected chi connectivity index (χ0v) is 8.87. The van der Waals surface area contributed by atoms with E-state index in [-0.39, 0.29) is 5.41 Å². The first kappa shape index (κ1) is 9.98. The summed E-state index contributed by atoms with van der Waals surface area (Å²) in [7, 11) is 0. The Balaban J connectivity index is 2.32. The smallest absolute Gasteiger partial charge is 0.0828 e. The Morgan fingerprint density at radius 3 is 2.27 bits per heavy atom. The van der Waals surface area contributed by atoms with Crippen molar-refractivity contribution in [3.8, 4) is 6.07 Å². The van der Waals surface area contributed by atoms with Crippen LogP contribution in [0.15, 0.2) is 42.5 Å². The van der Waals surface area contributed by atoms with Gasteiger partial charge in [0.25, 0.3) is 0 Å². The fourth-order valence-corrected chi connectivity index (χ4v) is 2.25. The van der Waals surface area contributed by atoms with Gasteiger partial charge < -0.3 is 0 Å². The average Bonchev–Trinajstić information content (AvgIpc) is 2.32. The average molecular weight is 197 g/mol. The maximum absolute atomic E-state index is 9.40. The van der Waals surface area contributed by atoms with Crippen LogP contribution < -0.4 is 0 Å². The lowest BCUT2D eigenvalue weighted by molar-refractivity contribution is 0.420. The quantitative estimate of drug-likeness (QED) is 0.631. The lowest BCUT2D eigenvalue weighted by Gasteiger charge is -2.32. The molecule has 0 unspecified atom stereocenters. The first-order valence-corrected chi connectivity index (χ1v) is 5.40. The van der Waals surface area contributed by atoms with Gasteiger partial charge in [0.15, 0.2) is 0 Å². The van der Waals surface area contributed by atoms with E-state index in [0.717, 1.165) is 25.7 Å². The van der Waals surface area contributed by atoms with E-state index >= 15 is 0 Å². The van der Waals surface area contributed by atoms with Crippen LogP contribution in [0.3, 0.4) is 0 Å². The number of hydrogen-bond acceptors (Lipinski definition) is 1. The molecule has 1 aliphatic rings. The molecule has 1 heteroatoms. The number of nitrogens with zero attached hydrogens (tertiary/aromatic N) is 1. The molecular weight excluding hydrogens is 182 g/mol. The van der Waals surface area contributed by atoms with Crippen molar-refractivity contribution in [3.63, 3.8) is 0 Å². The van der Waals surface area contributed by atoms with Gasteiger partial charge >= 0.3 is 0 Å². The van der Waals surface area contributed by atoms with Gasteiger partial charge in [0.05, 0.1) is 11.5 Å². The van der Waals surface area contributed by atoms with Crippen molar-refractivity contribution in [2.24, 2.45) is 0 Å². The highest BCUT2D eigenvalue weighted by Crippen LogP contribution is 2.40. The van der Waals surface area contributed by atoms with Gasteiger partial charge in [-0.15, -0.1) is 0 Å². The molecule has 0 N–H and O–H groups in total. The molecule has 0 bridgehead atoms. The summed E-state index contributed by atoms with van der Waals surface area (Å²) >= 11 is 0. The van der Waals surface area contributed by atoms with E-state index in [9.17, 15) is 5.26 Å². The van der Waals surface area contributed by atoms with Gasteiger partial charge in [0.1, 0.15) is 0 Å². The monoisotopic (exact) mass is 197 g/mol. The molecule has 1 nitrogen and oxygen atoms in total. The highest BCUT2D eigenvalue weighted by molar-refractivity contribution is 5.34. The summed E-state index contributed by atoms with van der Waals surface area (Å²) < 4.78 is 0. The van der Waals surface area contributed by atoms with Crippen molar-refractivity contribution in [1.29, 1.82) is 5.26 Å². The number of benzene rings is 1. The van der Waals surface area contributed by atoms with Crippen LogP contribution in [0.4, 0.5) is 0 Å². The summed E-state index contributed by atoms with van der Waals surface area (Å²) in [5.41, 5.74) is 2.19. The third-order valence-corrected chi connectivity index (χ3v) is 3.35. The van der Waals surface area contributed by atoms with Crippen molar-refractivity contribution in [3.05, 3.63) is 48.0 Å². The van der Waals surface area contributed by atoms with Crippen LogP contribution in [-0.4, -0.2) is 0 Å². The van der Waals surface area contributed by atoms with Gasteiger partial charge in [-0.05, 0) is 31.2 Å². The van der Waals surface area contributed by atoms with Gasteiger partial charge in [-0.25, -0.2) is 0 Å². The molecule has 2 rings (SSSR count). The molecule has 0 amide bonds. The fourth-order valence-electron chi connectivity index (χ4n) is 2.25. The molecule has 1 aromatic carbocycles. The predicted octanol–water partition coefficient (Wildman–Crippen LogP) is 3.58. The Hall–Kier alpha value is -1.55. The van der Waals surface area contributed by atoms with Crippen LogP contribution in [-0.2, 0) is 5.41 Å². The van der Waals surface area contributed by atoms with E-state index in [4.69, 9.17) is 0 Å². The van der Waals surface area contributed by atoms with Gasteiger partial charge in [0.2, 0.25) is 0 Å². The van der Waals surface area contributed by atoms with E-state index < -0.39 is 0 Å². The van der Waals surface area contributed by atoms with Crippen LogP contribution in [0.25, 0.3) is 0 Å². The Bertz CT molecular complexity index is 387. The minimum Gasteiger partial charge on any atom is -0.197 e. The minimum atomic E-state index is -0.261. The minimum absolute atomic E-state index is 0.261. The van der Waals surface area contributed by atoms with E-state index in [1.165, 1.54) is 11.1 Å². The third kappa shape index (κ3) is 1.80. The maximum Gasteiger partial charge on any atom is 0.0828 e. The molecule has 15 heavy (non-hydrogen) atoms. The Morgan fingerprint density at radius 2 is 1.73 bits per heavy atom. The van der Waals surface area contributed by atoms with Crippen LogP contribution in [0.5, 0.6) is 0 Å². The van der Waals surface area contributed by atoms with E-state index in [1.54, 1.807) is 0 Å². The number of allylic oxidation sites excluding steroid dienone is 1. The van der Waals surface area contributed by atoms with Crippen LogP contribution in [0.2, 0.25) is 0 Å². The summed E-state index contributed by atoms with van der Waals surface area (Å²) in [6.07, 6.45) is 3.82. The molecule has 76 valence electrons. The van der Waals surface area contributed by atoms with Crippen LogP contribution in [0.1, 0.15) is 31.2 Å². The first-order chi connectivity index (χ1) is 7.27. The first-order valence-electron chi connectivity index (χ1n) is 5.40. The normalized spacial score (nSPS) is 19.5. The molecule has 0 aromatic heterocycles. The molecule has 0 atom stereocenters. The van der Waals surface area contributed by atoms with Gasteiger partial charge in [-0.2, -0.15) is 5.26 Å². The predicted molar refractivity (Wildman–Crippen MR) is 61.3 cm³/mol. The van der Waals surface area contributed by atoms with Crippen molar-refractivity contribution in [1.82, 2.24) is 0 Å².